The molecular formula is C24H21N3O4. The number of fused-ring (bicyclic) bond motifs is 1. The van der Waals surface area contributed by atoms with E-state index in [0.717, 1.165) is 10.9 Å². The molecule has 0 atom stereocenters. The van der Waals surface area contributed by atoms with Crippen molar-refractivity contribution in [2.75, 3.05) is 26.6 Å². The van der Waals surface area contributed by atoms with Gasteiger partial charge in [0.25, 0.3) is 5.91 Å². The van der Waals surface area contributed by atoms with E-state index in [1.165, 1.54) is 0 Å². The monoisotopic (exact) mass is 415 g/mol. The standard InChI is InChI=1S/C24H21N3O4/c1-29-21-10-8-15(12-22(21)30-2)20-13-18(17-6-4-5-7-19(17)27-20)24(28)26-16-9-11-23(31-3)25-14-16/h4-14H,1-3H3,(H,26,28). The van der Waals surface area contributed by atoms with Gasteiger partial charge in [-0.15, -0.1) is 0 Å². The lowest BCUT2D eigenvalue weighted by Crippen LogP contribution is -2.13. The molecule has 7 heteroatoms. The highest BCUT2D eigenvalue weighted by Gasteiger charge is 2.16. The number of aromatic nitrogens is 2. The first-order chi connectivity index (χ1) is 15.1. The molecule has 0 radical (unpaired) electrons. The maximum Gasteiger partial charge on any atom is 0.256 e. The van der Waals surface area contributed by atoms with E-state index in [2.05, 4.69) is 10.3 Å². The van der Waals surface area contributed by atoms with E-state index in [1.807, 2.05) is 42.5 Å². The Bertz CT molecular complexity index is 1240. The zero-order chi connectivity index (χ0) is 21.8. The molecule has 0 aliphatic carbocycles. The smallest absolute Gasteiger partial charge is 0.256 e. The number of rotatable bonds is 6. The van der Waals surface area contributed by atoms with Crippen LogP contribution in [0.15, 0.2) is 66.9 Å². The van der Waals surface area contributed by atoms with Gasteiger partial charge < -0.3 is 19.5 Å². The highest BCUT2D eigenvalue weighted by atomic mass is 16.5. The molecule has 4 rings (SSSR count). The molecule has 4 aromatic rings. The normalized spacial score (nSPS) is 10.5. The van der Waals surface area contributed by atoms with Crippen molar-refractivity contribution in [3.63, 3.8) is 0 Å². The minimum absolute atomic E-state index is 0.257. The minimum atomic E-state index is -0.257. The predicted molar refractivity (Wildman–Crippen MR) is 119 cm³/mol. The number of carbonyl (C=O) groups excluding carboxylic acids is 1. The molecule has 31 heavy (non-hydrogen) atoms. The second-order valence-electron chi connectivity index (χ2n) is 6.69. The molecule has 0 aliphatic heterocycles. The summed E-state index contributed by atoms with van der Waals surface area (Å²) in [5, 5.41) is 3.65. The van der Waals surface area contributed by atoms with Crippen LogP contribution in [0.1, 0.15) is 10.4 Å². The van der Waals surface area contributed by atoms with Crippen molar-refractivity contribution >= 4 is 22.5 Å². The summed E-state index contributed by atoms with van der Waals surface area (Å²) in [5.74, 6) is 1.43. The van der Waals surface area contributed by atoms with E-state index in [9.17, 15) is 4.79 Å². The Hall–Kier alpha value is -4.13. The van der Waals surface area contributed by atoms with Crippen molar-refractivity contribution in [3.8, 4) is 28.6 Å². The Morgan fingerprint density at radius 3 is 2.39 bits per heavy atom. The maximum absolute atomic E-state index is 13.1. The van der Waals surface area contributed by atoms with Crippen molar-refractivity contribution in [3.05, 3.63) is 72.4 Å². The van der Waals surface area contributed by atoms with E-state index in [1.54, 1.807) is 45.7 Å². The first kappa shape index (κ1) is 20.2. The zero-order valence-electron chi connectivity index (χ0n) is 17.4. The van der Waals surface area contributed by atoms with E-state index in [-0.39, 0.29) is 5.91 Å². The maximum atomic E-state index is 13.1. The van der Waals surface area contributed by atoms with Gasteiger partial charge in [0, 0.05) is 17.0 Å². The summed E-state index contributed by atoms with van der Waals surface area (Å²) in [6.45, 7) is 0. The van der Waals surface area contributed by atoms with Gasteiger partial charge in [0.05, 0.1) is 50.0 Å². The summed E-state index contributed by atoms with van der Waals surface area (Å²) in [4.78, 5) is 22.0. The fraction of sp³-hybridized carbons (Fsp3) is 0.125. The molecule has 0 saturated carbocycles. The van der Waals surface area contributed by atoms with Gasteiger partial charge in [-0.3, -0.25) is 4.79 Å². The van der Waals surface area contributed by atoms with Crippen LogP contribution in [0.2, 0.25) is 0 Å². The molecule has 0 unspecified atom stereocenters. The highest BCUT2D eigenvalue weighted by Crippen LogP contribution is 2.33. The van der Waals surface area contributed by atoms with E-state index < -0.39 is 0 Å². The van der Waals surface area contributed by atoms with Crippen LogP contribution in [0, 0.1) is 0 Å². The number of benzene rings is 2. The Labute approximate surface area is 179 Å². The first-order valence-corrected chi connectivity index (χ1v) is 9.56. The highest BCUT2D eigenvalue weighted by molar-refractivity contribution is 6.13. The number of para-hydroxylation sites is 1. The number of pyridine rings is 2. The number of nitrogens with one attached hydrogen (secondary N) is 1. The van der Waals surface area contributed by atoms with Crippen LogP contribution < -0.4 is 19.5 Å². The quantitative estimate of drug-likeness (QED) is 0.497. The van der Waals surface area contributed by atoms with Gasteiger partial charge in [0.15, 0.2) is 11.5 Å². The van der Waals surface area contributed by atoms with Gasteiger partial charge >= 0.3 is 0 Å². The molecular weight excluding hydrogens is 394 g/mol. The van der Waals surface area contributed by atoms with E-state index in [0.29, 0.717) is 39.8 Å². The fourth-order valence-electron chi connectivity index (χ4n) is 3.28. The van der Waals surface area contributed by atoms with Crippen molar-refractivity contribution in [1.29, 1.82) is 0 Å². The molecule has 2 aromatic heterocycles. The van der Waals surface area contributed by atoms with E-state index in [4.69, 9.17) is 19.2 Å². The van der Waals surface area contributed by atoms with Crippen LogP contribution >= 0.6 is 0 Å². The molecule has 0 saturated heterocycles. The summed E-state index contributed by atoms with van der Waals surface area (Å²) in [5.41, 5.74) is 3.25. The SMILES string of the molecule is COc1ccc(NC(=O)c2cc(-c3ccc(OC)c(OC)c3)nc3ccccc23)cn1. The average molecular weight is 415 g/mol. The number of amides is 1. The zero-order valence-corrected chi connectivity index (χ0v) is 17.4. The second-order valence-corrected chi connectivity index (χ2v) is 6.69. The third kappa shape index (κ3) is 4.11. The molecule has 1 N–H and O–H groups in total. The molecule has 0 bridgehead atoms. The third-order valence-electron chi connectivity index (χ3n) is 4.84. The number of methoxy groups -OCH3 is 3. The molecule has 2 aromatic carbocycles. The van der Waals surface area contributed by atoms with Crippen LogP contribution in [0.5, 0.6) is 17.4 Å². The Balaban J connectivity index is 1.77. The summed E-state index contributed by atoms with van der Waals surface area (Å²) in [6, 6.07) is 18.3. The predicted octanol–water partition coefficient (Wildman–Crippen LogP) is 4.57. The molecule has 0 spiro atoms. The van der Waals surface area contributed by atoms with Crippen LogP contribution in [0.4, 0.5) is 5.69 Å². The van der Waals surface area contributed by atoms with Crippen molar-refractivity contribution in [1.82, 2.24) is 9.97 Å². The summed E-state index contributed by atoms with van der Waals surface area (Å²) < 4.78 is 15.8. The number of nitrogens with zero attached hydrogens (tertiary/aromatic N) is 2. The molecule has 156 valence electrons. The van der Waals surface area contributed by atoms with Gasteiger partial charge in [-0.25, -0.2) is 9.97 Å². The lowest BCUT2D eigenvalue weighted by atomic mass is 10.0. The van der Waals surface area contributed by atoms with Crippen LogP contribution in [0.3, 0.4) is 0 Å². The minimum Gasteiger partial charge on any atom is -0.493 e. The topological polar surface area (TPSA) is 82.6 Å². The Kier molecular flexibility index (Phi) is 5.66. The second kappa shape index (κ2) is 8.71. The van der Waals surface area contributed by atoms with Crippen molar-refractivity contribution in [2.45, 2.75) is 0 Å². The Morgan fingerprint density at radius 2 is 1.68 bits per heavy atom. The number of hydrogen-bond acceptors (Lipinski definition) is 6. The number of anilines is 1. The lowest BCUT2D eigenvalue weighted by Gasteiger charge is -2.12. The van der Waals surface area contributed by atoms with Gasteiger partial charge in [-0.05, 0) is 36.4 Å². The van der Waals surface area contributed by atoms with Gasteiger partial charge in [0.2, 0.25) is 5.88 Å². The molecule has 2 heterocycles. The van der Waals surface area contributed by atoms with Gasteiger partial charge in [-0.1, -0.05) is 18.2 Å². The number of ether oxygens (including phenoxy) is 3. The molecule has 1 amide bonds. The molecule has 0 fully saturated rings. The van der Waals surface area contributed by atoms with Crippen molar-refractivity contribution in [2.24, 2.45) is 0 Å². The largest absolute Gasteiger partial charge is 0.493 e. The third-order valence-corrected chi connectivity index (χ3v) is 4.84. The average Bonchev–Trinajstić information content (AvgIpc) is 2.83. The van der Waals surface area contributed by atoms with Crippen LogP contribution in [0.25, 0.3) is 22.2 Å². The molecule has 0 aliphatic rings. The van der Waals surface area contributed by atoms with Gasteiger partial charge in [-0.2, -0.15) is 0 Å². The van der Waals surface area contributed by atoms with Crippen LogP contribution in [-0.2, 0) is 0 Å². The number of hydrogen-bond donors (Lipinski definition) is 1. The molecule has 7 nitrogen and oxygen atoms in total. The lowest BCUT2D eigenvalue weighted by molar-refractivity contribution is 0.102. The first-order valence-electron chi connectivity index (χ1n) is 9.56. The van der Waals surface area contributed by atoms with E-state index >= 15 is 0 Å². The fourth-order valence-corrected chi connectivity index (χ4v) is 3.28. The Morgan fingerprint density at radius 1 is 0.871 bits per heavy atom. The summed E-state index contributed by atoms with van der Waals surface area (Å²) in [7, 11) is 4.71. The number of carbonyl (C=O) groups is 1. The summed E-state index contributed by atoms with van der Waals surface area (Å²) >= 11 is 0. The van der Waals surface area contributed by atoms with Crippen LogP contribution in [-0.4, -0.2) is 37.2 Å². The van der Waals surface area contributed by atoms with Gasteiger partial charge in [0.1, 0.15) is 0 Å². The summed E-state index contributed by atoms with van der Waals surface area (Å²) in [6.07, 6.45) is 1.55. The van der Waals surface area contributed by atoms with Crippen molar-refractivity contribution < 1.29 is 19.0 Å².